The fraction of sp³-hybridized carbons (Fsp3) is 0.933. The van der Waals surface area contributed by atoms with E-state index in [9.17, 15) is 4.79 Å². The molecule has 0 aromatic carbocycles. The smallest absolute Gasteiger partial charge is 0.220 e. The van der Waals surface area contributed by atoms with Crippen molar-refractivity contribution in [1.29, 1.82) is 0 Å². The van der Waals surface area contributed by atoms with Gasteiger partial charge in [-0.1, -0.05) is 13.3 Å². The topological polar surface area (TPSA) is 44.4 Å². The monoisotopic (exact) mass is 265 g/mol. The van der Waals surface area contributed by atoms with Gasteiger partial charge in [0.1, 0.15) is 0 Å². The van der Waals surface area contributed by atoms with Crippen LogP contribution in [0.15, 0.2) is 0 Å². The first kappa shape index (κ1) is 13.4. The van der Waals surface area contributed by atoms with Gasteiger partial charge in [-0.25, -0.2) is 0 Å². The molecule has 0 spiro atoms. The van der Waals surface area contributed by atoms with Gasteiger partial charge in [0, 0.05) is 37.1 Å². The van der Waals surface area contributed by atoms with Crippen LogP contribution in [0.2, 0.25) is 0 Å². The molecule has 3 aliphatic heterocycles. The highest BCUT2D eigenvalue weighted by Gasteiger charge is 2.39. The molecule has 2 N–H and O–H groups in total. The van der Waals surface area contributed by atoms with E-state index in [0.29, 0.717) is 6.04 Å². The lowest BCUT2D eigenvalue weighted by atomic mass is 9.81. The predicted octanol–water partition coefficient (Wildman–Crippen LogP) is 1.26. The van der Waals surface area contributed by atoms with Crippen molar-refractivity contribution in [1.82, 2.24) is 15.5 Å². The van der Waals surface area contributed by atoms with E-state index in [0.717, 1.165) is 44.1 Å². The largest absolute Gasteiger partial charge is 0.352 e. The quantitative estimate of drug-likeness (QED) is 0.804. The van der Waals surface area contributed by atoms with Crippen molar-refractivity contribution in [2.75, 3.05) is 13.1 Å². The van der Waals surface area contributed by atoms with Gasteiger partial charge in [-0.3, -0.25) is 9.69 Å². The maximum atomic E-state index is 11.3. The predicted molar refractivity (Wildman–Crippen MR) is 76.0 cm³/mol. The highest BCUT2D eigenvalue weighted by Crippen LogP contribution is 2.34. The van der Waals surface area contributed by atoms with Crippen LogP contribution in [0.4, 0.5) is 0 Å². The zero-order chi connectivity index (χ0) is 13.2. The van der Waals surface area contributed by atoms with Gasteiger partial charge in [0.25, 0.3) is 0 Å². The van der Waals surface area contributed by atoms with E-state index in [2.05, 4.69) is 22.5 Å². The summed E-state index contributed by atoms with van der Waals surface area (Å²) in [5, 5.41) is 6.77. The summed E-state index contributed by atoms with van der Waals surface area (Å²) in [5.41, 5.74) is 0. The third kappa shape index (κ3) is 2.95. The molecule has 3 unspecified atom stereocenters. The van der Waals surface area contributed by atoms with Crippen LogP contribution >= 0.6 is 0 Å². The van der Waals surface area contributed by atoms with E-state index in [4.69, 9.17) is 0 Å². The Bertz CT molecular complexity index is 319. The summed E-state index contributed by atoms with van der Waals surface area (Å²) in [6.07, 6.45) is 8.44. The SMILES string of the molecule is CCNC1CC2CCCC(C1)N2CC1CCC(=O)N1. The molecule has 0 aliphatic carbocycles. The van der Waals surface area contributed by atoms with Crippen molar-refractivity contribution in [2.24, 2.45) is 0 Å². The molecular weight excluding hydrogens is 238 g/mol. The van der Waals surface area contributed by atoms with Crippen molar-refractivity contribution in [3.63, 3.8) is 0 Å². The maximum Gasteiger partial charge on any atom is 0.220 e. The van der Waals surface area contributed by atoms with Crippen LogP contribution < -0.4 is 10.6 Å². The van der Waals surface area contributed by atoms with Crippen LogP contribution in [0.3, 0.4) is 0 Å². The molecule has 4 heteroatoms. The second kappa shape index (κ2) is 5.80. The zero-order valence-corrected chi connectivity index (χ0v) is 12.0. The first-order valence-electron chi connectivity index (χ1n) is 8.04. The molecule has 2 bridgehead atoms. The molecule has 3 rings (SSSR count). The lowest BCUT2D eigenvalue weighted by Crippen LogP contribution is -2.58. The van der Waals surface area contributed by atoms with Gasteiger partial charge in [-0.2, -0.15) is 0 Å². The average molecular weight is 265 g/mol. The fourth-order valence-corrected chi connectivity index (χ4v) is 4.30. The Labute approximate surface area is 116 Å². The lowest BCUT2D eigenvalue weighted by molar-refractivity contribution is -0.119. The Hall–Kier alpha value is -0.610. The van der Waals surface area contributed by atoms with E-state index in [1.54, 1.807) is 0 Å². The van der Waals surface area contributed by atoms with E-state index < -0.39 is 0 Å². The molecule has 3 aliphatic rings. The third-order valence-electron chi connectivity index (χ3n) is 5.13. The average Bonchev–Trinajstić information content (AvgIpc) is 2.76. The Morgan fingerprint density at radius 3 is 2.58 bits per heavy atom. The van der Waals surface area contributed by atoms with Crippen molar-refractivity contribution >= 4 is 5.91 Å². The number of nitrogens with zero attached hydrogens (tertiary/aromatic N) is 1. The Kier molecular flexibility index (Phi) is 4.08. The van der Waals surface area contributed by atoms with Crippen molar-refractivity contribution in [3.05, 3.63) is 0 Å². The number of piperidine rings is 2. The van der Waals surface area contributed by atoms with E-state index in [-0.39, 0.29) is 5.91 Å². The van der Waals surface area contributed by atoms with Gasteiger partial charge < -0.3 is 10.6 Å². The summed E-state index contributed by atoms with van der Waals surface area (Å²) in [6, 6.07) is 2.61. The Morgan fingerprint density at radius 1 is 1.26 bits per heavy atom. The second-order valence-corrected chi connectivity index (χ2v) is 6.46. The summed E-state index contributed by atoms with van der Waals surface area (Å²) in [7, 11) is 0. The van der Waals surface area contributed by atoms with Gasteiger partial charge in [0.15, 0.2) is 0 Å². The van der Waals surface area contributed by atoms with Crippen LogP contribution in [-0.2, 0) is 4.79 Å². The molecule has 3 saturated heterocycles. The summed E-state index contributed by atoms with van der Waals surface area (Å²) < 4.78 is 0. The lowest BCUT2D eigenvalue weighted by Gasteiger charge is -2.50. The number of carbonyl (C=O) groups excluding carboxylic acids is 1. The van der Waals surface area contributed by atoms with Crippen molar-refractivity contribution < 1.29 is 4.79 Å². The number of fused-ring (bicyclic) bond motifs is 2. The summed E-state index contributed by atoms with van der Waals surface area (Å²) in [4.78, 5) is 14.1. The van der Waals surface area contributed by atoms with E-state index in [1.807, 2.05) is 0 Å². The van der Waals surface area contributed by atoms with Crippen molar-refractivity contribution in [2.45, 2.75) is 76.0 Å². The molecule has 0 radical (unpaired) electrons. The molecule has 19 heavy (non-hydrogen) atoms. The highest BCUT2D eigenvalue weighted by atomic mass is 16.1. The minimum Gasteiger partial charge on any atom is -0.352 e. The summed E-state index contributed by atoms with van der Waals surface area (Å²) in [6.45, 7) is 4.37. The number of amides is 1. The summed E-state index contributed by atoms with van der Waals surface area (Å²) in [5.74, 6) is 0.248. The minimum absolute atomic E-state index is 0.248. The first-order chi connectivity index (χ1) is 9.26. The van der Waals surface area contributed by atoms with Crippen molar-refractivity contribution in [3.8, 4) is 0 Å². The normalized spacial score (nSPS) is 39.3. The second-order valence-electron chi connectivity index (χ2n) is 6.46. The molecule has 0 aromatic rings. The first-order valence-corrected chi connectivity index (χ1v) is 8.04. The number of hydrogen-bond donors (Lipinski definition) is 2. The molecule has 0 saturated carbocycles. The minimum atomic E-state index is 0.248. The number of rotatable bonds is 4. The van der Waals surface area contributed by atoms with Gasteiger partial charge in [-0.05, 0) is 38.6 Å². The molecule has 3 fully saturated rings. The molecular formula is C15H27N3O. The molecule has 3 heterocycles. The van der Waals surface area contributed by atoms with Crippen LogP contribution in [0.1, 0.15) is 51.9 Å². The molecule has 108 valence electrons. The van der Waals surface area contributed by atoms with Crippen LogP contribution in [0, 0.1) is 0 Å². The number of hydrogen-bond acceptors (Lipinski definition) is 3. The number of nitrogens with one attached hydrogen (secondary N) is 2. The zero-order valence-electron chi connectivity index (χ0n) is 12.0. The van der Waals surface area contributed by atoms with Gasteiger partial charge >= 0.3 is 0 Å². The van der Waals surface area contributed by atoms with E-state index >= 15 is 0 Å². The van der Waals surface area contributed by atoms with Crippen LogP contribution in [0.25, 0.3) is 0 Å². The Balaban J connectivity index is 1.60. The van der Waals surface area contributed by atoms with E-state index in [1.165, 1.54) is 32.1 Å². The van der Waals surface area contributed by atoms with Gasteiger partial charge in [0.05, 0.1) is 0 Å². The fourth-order valence-electron chi connectivity index (χ4n) is 4.30. The number of carbonyl (C=O) groups is 1. The third-order valence-corrected chi connectivity index (χ3v) is 5.13. The molecule has 1 amide bonds. The van der Waals surface area contributed by atoms with Crippen LogP contribution in [0.5, 0.6) is 0 Å². The summed E-state index contributed by atoms with van der Waals surface area (Å²) >= 11 is 0. The standard InChI is InChI=1S/C15H27N3O/c1-2-16-12-8-13-4-3-5-14(9-12)18(13)10-11-6-7-15(19)17-11/h11-14,16H,2-10H2,1H3,(H,17,19). The van der Waals surface area contributed by atoms with Crippen LogP contribution in [-0.4, -0.2) is 48.1 Å². The van der Waals surface area contributed by atoms with Gasteiger partial charge in [-0.15, -0.1) is 0 Å². The molecule has 3 atom stereocenters. The maximum absolute atomic E-state index is 11.3. The van der Waals surface area contributed by atoms with Gasteiger partial charge in [0.2, 0.25) is 5.91 Å². The molecule has 0 aromatic heterocycles. The molecule has 4 nitrogen and oxygen atoms in total. The highest BCUT2D eigenvalue weighted by molar-refractivity contribution is 5.78. The Morgan fingerprint density at radius 2 is 2.00 bits per heavy atom.